The minimum atomic E-state index is -4.30. The van der Waals surface area contributed by atoms with Gasteiger partial charge >= 0.3 is 13.8 Å². The molecule has 54 heavy (non-hydrogen) atoms. The number of allylic oxidation sites excluding steroid dienone is 16. The third-order valence-electron chi connectivity index (χ3n) is 8.00. The van der Waals surface area contributed by atoms with Crippen molar-refractivity contribution in [3.05, 3.63) is 97.2 Å². The zero-order valence-corrected chi connectivity index (χ0v) is 34.8. The summed E-state index contributed by atoms with van der Waals surface area (Å²) in [5.41, 5.74) is 5.36. The van der Waals surface area contributed by atoms with Crippen molar-refractivity contribution >= 4 is 13.8 Å². The van der Waals surface area contributed by atoms with Crippen LogP contribution in [0.15, 0.2) is 97.2 Å². The number of esters is 1. The predicted molar refractivity (Wildman–Crippen MR) is 228 cm³/mol. The molecule has 0 aliphatic carbocycles. The van der Waals surface area contributed by atoms with Gasteiger partial charge in [0.05, 0.1) is 19.8 Å². The van der Waals surface area contributed by atoms with E-state index in [9.17, 15) is 14.3 Å². The first kappa shape index (κ1) is 51.4. The molecule has 0 amide bonds. The Morgan fingerprint density at radius 1 is 0.556 bits per heavy atom. The van der Waals surface area contributed by atoms with Gasteiger partial charge in [-0.3, -0.25) is 13.8 Å². The van der Waals surface area contributed by atoms with Gasteiger partial charge in [-0.15, -0.1) is 0 Å². The summed E-state index contributed by atoms with van der Waals surface area (Å²) in [6.45, 7) is 4.57. The predicted octanol–water partition coefficient (Wildman–Crippen LogP) is 12.3. The van der Waals surface area contributed by atoms with E-state index in [0.29, 0.717) is 13.0 Å². The van der Waals surface area contributed by atoms with Gasteiger partial charge in [0.15, 0.2) is 0 Å². The normalized spacial score (nSPS) is 14.5. The van der Waals surface area contributed by atoms with E-state index in [1.165, 1.54) is 25.7 Å². The highest BCUT2D eigenvalue weighted by molar-refractivity contribution is 7.47. The van der Waals surface area contributed by atoms with E-state index < -0.39 is 13.9 Å². The minimum absolute atomic E-state index is 0.0852. The largest absolute Gasteiger partial charge is 0.472 e. The van der Waals surface area contributed by atoms with Crippen LogP contribution in [0.3, 0.4) is 0 Å². The van der Waals surface area contributed by atoms with Gasteiger partial charge in [0, 0.05) is 19.6 Å². The monoisotopic (exact) mass is 774 g/mol. The second kappa shape index (κ2) is 41.6. The number of ether oxygens (including phenoxy) is 2. The van der Waals surface area contributed by atoms with Gasteiger partial charge in [-0.05, 0) is 89.9 Å². The molecule has 2 atom stereocenters. The van der Waals surface area contributed by atoms with Crippen LogP contribution in [0.25, 0.3) is 0 Å². The Labute approximate surface area is 330 Å². The number of nitrogens with two attached hydrogens (primary N) is 1. The summed E-state index contributed by atoms with van der Waals surface area (Å²) in [4.78, 5) is 22.4. The number of hydrogen-bond donors (Lipinski definition) is 2. The molecule has 0 spiro atoms. The van der Waals surface area contributed by atoms with Crippen LogP contribution in [0.2, 0.25) is 0 Å². The van der Waals surface area contributed by atoms with E-state index in [0.717, 1.165) is 89.9 Å². The number of carbonyl (C=O) groups is 1. The summed E-state index contributed by atoms with van der Waals surface area (Å²) in [5, 5.41) is 0. The molecule has 2 unspecified atom stereocenters. The quantitative estimate of drug-likeness (QED) is 0.0276. The van der Waals surface area contributed by atoms with E-state index in [-0.39, 0.29) is 38.8 Å². The molecule has 9 heteroatoms. The van der Waals surface area contributed by atoms with E-state index >= 15 is 0 Å². The molecule has 0 aliphatic heterocycles. The summed E-state index contributed by atoms with van der Waals surface area (Å²) >= 11 is 0. The number of phosphoric ester groups is 1. The highest BCUT2D eigenvalue weighted by atomic mass is 31.2. The van der Waals surface area contributed by atoms with Crippen molar-refractivity contribution in [2.45, 2.75) is 148 Å². The molecular formula is C45H76NO7P. The standard InChI is InChI=1S/C45H76NO7P/c1-3-5-7-9-11-13-15-17-19-20-21-22-23-25-27-29-31-33-35-37-40-50-42-44(43-52-54(48,49)51-41-39-46)53-45(47)38-36-34-32-30-28-26-24-18-16-14-12-10-8-6-4-2/h5-8,11-14,17-19,21-22,24,28,30,44H,3-4,9-10,15-16,20,23,25-27,29,31-43,46H2,1-2H3,(H,48,49)/b7-5-,8-6-,13-11-,14-12-,19-17-,22-21-,24-18-,30-28-. The lowest BCUT2D eigenvalue weighted by Gasteiger charge is -2.20. The summed E-state index contributed by atoms with van der Waals surface area (Å²) in [6, 6.07) is 0. The molecule has 0 saturated carbocycles. The third-order valence-corrected chi connectivity index (χ3v) is 8.98. The van der Waals surface area contributed by atoms with E-state index in [2.05, 4.69) is 111 Å². The van der Waals surface area contributed by atoms with Gasteiger partial charge in [-0.2, -0.15) is 0 Å². The zero-order valence-electron chi connectivity index (χ0n) is 33.9. The summed E-state index contributed by atoms with van der Waals surface area (Å²) in [6.07, 6.45) is 54.3. The fraction of sp³-hybridized carbons (Fsp3) is 0.622. The second-order valence-electron chi connectivity index (χ2n) is 13.1. The van der Waals surface area contributed by atoms with Crippen molar-refractivity contribution < 1.29 is 32.8 Å². The first-order valence-electron chi connectivity index (χ1n) is 20.7. The average Bonchev–Trinajstić information content (AvgIpc) is 3.16. The van der Waals surface area contributed by atoms with E-state index in [1.54, 1.807) is 0 Å². The van der Waals surface area contributed by atoms with Crippen LogP contribution in [-0.4, -0.2) is 49.9 Å². The molecule has 0 bridgehead atoms. The fourth-order valence-corrected chi connectivity index (χ4v) is 5.80. The van der Waals surface area contributed by atoms with Crippen molar-refractivity contribution in [1.82, 2.24) is 0 Å². The molecule has 308 valence electrons. The lowest BCUT2D eigenvalue weighted by atomic mass is 10.1. The number of hydrogen-bond acceptors (Lipinski definition) is 7. The lowest BCUT2D eigenvalue weighted by molar-refractivity contribution is -0.154. The molecule has 0 aromatic heterocycles. The van der Waals surface area contributed by atoms with Crippen LogP contribution in [0.5, 0.6) is 0 Å². The molecule has 0 rings (SSSR count). The molecular weight excluding hydrogens is 697 g/mol. The first-order chi connectivity index (χ1) is 26.4. The van der Waals surface area contributed by atoms with Crippen LogP contribution in [-0.2, 0) is 27.9 Å². The van der Waals surface area contributed by atoms with Crippen LogP contribution in [0, 0.1) is 0 Å². The average molecular weight is 774 g/mol. The molecule has 0 aromatic rings. The zero-order chi connectivity index (χ0) is 39.5. The van der Waals surface area contributed by atoms with Gasteiger partial charge in [0.1, 0.15) is 6.10 Å². The van der Waals surface area contributed by atoms with Gasteiger partial charge in [-0.25, -0.2) is 4.57 Å². The van der Waals surface area contributed by atoms with Crippen molar-refractivity contribution in [1.29, 1.82) is 0 Å². The van der Waals surface area contributed by atoms with Gasteiger partial charge in [0.25, 0.3) is 0 Å². The van der Waals surface area contributed by atoms with Crippen molar-refractivity contribution in [3.8, 4) is 0 Å². The number of carbonyl (C=O) groups excluding carboxylic acids is 1. The summed E-state index contributed by atoms with van der Waals surface area (Å²) in [5.74, 6) is -0.380. The van der Waals surface area contributed by atoms with Crippen LogP contribution in [0.4, 0.5) is 0 Å². The Bertz CT molecular complexity index is 1140. The number of unbranched alkanes of at least 4 members (excludes halogenated alkanes) is 9. The van der Waals surface area contributed by atoms with E-state index in [4.69, 9.17) is 24.3 Å². The molecule has 3 N–H and O–H groups in total. The Morgan fingerprint density at radius 2 is 0.981 bits per heavy atom. The molecule has 8 nitrogen and oxygen atoms in total. The maximum atomic E-state index is 12.5. The van der Waals surface area contributed by atoms with Crippen LogP contribution < -0.4 is 5.73 Å². The summed E-state index contributed by atoms with van der Waals surface area (Å²) < 4.78 is 33.3. The highest BCUT2D eigenvalue weighted by Gasteiger charge is 2.25. The molecule has 0 heterocycles. The Hall–Kier alpha value is -2.58. The highest BCUT2D eigenvalue weighted by Crippen LogP contribution is 2.43. The smallest absolute Gasteiger partial charge is 0.457 e. The van der Waals surface area contributed by atoms with Crippen LogP contribution >= 0.6 is 7.82 Å². The maximum absolute atomic E-state index is 12.5. The topological polar surface area (TPSA) is 117 Å². The summed E-state index contributed by atoms with van der Waals surface area (Å²) in [7, 11) is -4.30. The van der Waals surface area contributed by atoms with Crippen LogP contribution in [0.1, 0.15) is 142 Å². The number of rotatable bonds is 38. The fourth-order valence-electron chi connectivity index (χ4n) is 5.04. The Balaban J connectivity index is 4.15. The number of phosphoric acid groups is 1. The van der Waals surface area contributed by atoms with Crippen molar-refractivity contribution in [3.63, 3.8) is 0 Å². The van der Waals surface area contributed by atoms with Gasteiger partial charge in [0.2, 0.25) is 0 Å². The molecule has 0 saturated heterocycles. The maximum Gasteiger partial charge on any atom is 0.472 e. The van der Waals surface area contributed by atoms with Crippen molar-refractivity contribution in [2.75, 3.05) is 33.0 Å². The molecule has 0 fully saturated rings. The lowest BCUT2D eigenvalue weighted by Crippen LogP contribution is -2.28. The minimum Gasteiger partial charge on any atom is -0.457 e. The van der Waals surface area contributed by atoms with Crippen molar-refractivity contribution in [2.24, 2.45) is 5.73 Å². The van der Waals surface area contributed by atoms with E-state index in [1.807, 2.05) is 0 Å². The second-order valence-corrected chi connectivity index (χ2v) is 14.5. The third kappa shape index (κ3) is 40.6. The van der Waals surface area contributed by atoms with Gasteiger partial charge in [-0.1, -0.05) is 143 Å². The van der Waals surface area contributed by atoms with Gasteiger partial charge < -0.3 is 20.1 Å². The molecule has 0 aromatic carbocycles. The molecule has 0 aliphatic rings. The Morgan fingerprint density at radius 3 is 1.46 bits per heavy atom. The Kier molecular flexibility index (Phi) is 39.6. The first-order valence-corrected chi connectivity index (χ1v) is 22.2. The molecule has 0 radical (unpaired) electrons. The SMILES string of the molecule is CC/C=C\C/C=C\C/C=C\C/C=C\CCCCCCCCCOCC(COP(=O)(O)OCCN)OC(=O)CCCC/C=C\C/C=C\C/C=C\C/C=C\CC.